The van der Waals surface area contributed by atoms with Crippen molar-refractivity contribution in [3.05, 3.63) is 58.3 Å². The van der Waals surface area contributed by atoms with Crippen molar-refractivity contribution in [1.82, 2.24) is 14.9 Å². The van der Waals surface area contributed by atoms with E-state index >= 15 is 0 Å². The second kappa shape index (κ2) is 6.58. The first-order chi connectivity index (χ1) is 11.8. The first-order valence-electron chi connectivity index (χ1n) is 7.61. The number of carbonyl (C=O) groups excluding carboxylic acids is 1. The normalized spacial score (nSPS) is 15.3. The number of amides is 1. The standard InChI is InChI=1S/C16H15F3N4O2/c17-16(18,19)11-2-1-3-12(8-11)22-4-6-23(7-5-22)15(25)13-9-14(24)21-10-20-13/h1-3,8-10H,4-7H2,(H,20,21,24). The van der Waals surface area contributed by atoms with Crippen LogP contribution < -0.4 is 10.5 Å². The van der Waals surface area contributed by atoms with Gasteiger partial charge in [-0.2, -0.15) is 13.2 Å². The van der Waals surface area contributed by atoms with E-state index in [1.165, 1.54) is 11.0 Å². The first-order valence-corrected chi connectivity index (χ1v) is 7.61. The molecule has 132 valence electrons. The molecule has 0 radical (unpaired) electrons. The van der Waals surface area contributed by atoms with E-state index in [-0.39, 0.29) is 11.6 Å². The number of hydrogen-bond donors (Lipinski definition) is 1. The smallest absolute Gasteiger partial charge is 0.368 e. The Labute approximate surface area is 140 Å². The van der Waals surface area contributed by atoms with Gasteiger partial charge in [0.05, 0.1) is 11.9 Å². The fourth-order valence-electron chi connectivity index (χ4n) is 2.69. The minimum atomic E-state index is -4.39. The van der Waals surface area contributed by atoms with Crippen LogP contribution in [0.3, 0.4) is 0 Å². The van der Waals surface area contributed by atoms with E-state index in [4.69, 9.17) is 0 Å². The Morgan fingerprint density at radius 2 is 1.84 bits per heavy atom. The molecule has 0 aliphatic carbocycles. The summed E-state index contributed by atoms with van der Waals surface area (Å²) in [7, 11) is 0. The molecule has 1 saturated heterocycles. The average molecular weight is 352 g/mol. The van der Waals surface area contributed by atoms with Gasteiger partial charge in [-0.15, -0.1) is 0 Å². The maximum atomic E-state index is 12.8. The molecule has 0 spiro atoms. The number of anilines is 1. The summed E-state index contributed by atoms with van der Waals surface area (Å²) in [4.78, 5) is 33.1. The molecule has 1 aromatic carbocycles. The maximum Gasteiger partial charge on any atom is 0.416 e. The highest BCUT2D eigenvalue weighted by Crippen LogP contribution is 2.31. The monoisotopic (exact) mass is 352 g/mol. The fourth-order valence-corrected chi connectivity index (χ4v) is 2.69. The molecule has 6 nitrogen and oxygen atoms in total. The zero-order chi connectivity index (χ0) is 18.0. The largest absolute Gasteiger partial charge is 0.416 e. The molecule has 0 bridgehead atoms. The van der Waals surface area contributed by atoms with Crippen LogP contribution in [0.15, 0.2) is 41.5 Å². The number of benzene rings is 1. The van der Waals surface area contributed by atoms with Crippen LogP contribution in [-0.4, -0.2) is 47.0 Å². The molecule has 2 aromatic rings. The Morgan fingerprint density at radius 3 is 2.48 bits per heavy atom. The molecule has 1 aliphatic heterocycles. The summed E-state index contributed by atoms with van der Waals surface area (Å²) in [5, 5.41) is 0. The number of aromatic amines is 1. The lowest BCUT2D eigenvalue weighted by Gasteiger charge is -2.36. The molecule has 1 N–H and O–H groups in total. The first kappa shape index (κ1) is 17.0. The quantitative estimate of drug-likeness (QED) is 0.894. The van der Waals surface area contributed by atoms with Crippen LogP contribution >= 0.6 is 0 Å². The van der Waals surface area contributed by atoms with Crippen molar-refractivity contribution in [3.63, 3.8) is 0 Å². The van der Waals surface area contributed by atoms with Gasteiger partial charge in [-0.3, -0.25) is 9.59 Å². The summed E-state index contributed by atoms with van der Waals surface area (Å²) in [5.74, 6) is -0.366. The molecule has 0 atom stereocenters. The number of aromatic nitrogens is 2. The third kappa shape index (κ3) is 3.81. The van der Waals surface area contributed by atoms with E-state index in [1.54, 1.807) is 11.0 Å². The van der Waals surface area contributed by atoms with Crippen molar-refractivity contribution in [2.45, 2.75) is 6.18 Å². The number of piperazine rings is 1. The predicted molar refractivity (Wildman–Crippen MR) is 84.4 cm³/mol. The van der Waals surface area contributed by atoms with Crippen molar-refractivity contribution < 1.29 is 18.0 Å². The number of nitrogens with zero attached hydrogens (tertiary/aromatic N) is 3. The van der Waals surface area contributed by atoms with E-state index < -0.39 is 17.3 Å². The summed E-state index contributed by atoms with van der Waals surface area (Å²) in [5.41, 5.74) is -0.593. The highest BCUT2D eigenvalue weighted by Gasteiger charge is 2.31. The molecule has 3 rings (SSSR count). The second-order valence-electron chi connectivity index (χ2n) is 5.62. The lowest BCUT2D eigenvalue weighted by Crippen LogP contribution is -2.49. The lowest BCUT2D eigenvalue weighted by molar-refractivity contribution is -0.137. The minimum Gasteiger partial charge on any atom is -0.368 e. The van der Waals surface area contributed by atoms with Crippen molar-refractivity contribution >= 4 is 11.6 Å². The molecule has 0 unspecified atom stereocenters. The molecule has 1 aromatic heterocycles. The van der Waals surface area contributed by atoms with Crippen molar-refractivity contribution in [1.29, 1.82) is 0 Å². The van der Waals surface area contributed by atoms with Gasteiger partial charge in [0.2, 0.25) is 0 Å². The number of halogens is 3. The molecule has 2 heterocycles. The number of rotatable bonds is 2. The van der Waals surface area contributed by atoms with E-state index in [1.807, 2.05) is 0 Å². The van der Waals surface area contributed by atoms with E-state index in [0.717, 1.165) is 24.5 Å². The maximum absolute atomic E-state index is 12.8. The number of hydrogen-bond acceptors (Lipinski definition) is 4. The van der Waals surface area contributed by atoms with Crippen molar-refractivity contribution in [2.24, 2.45) is 0 Å². The Kier molecular flexibility index (Phi) is 4.47. The summed E-state index contributed by atoms with van der Waals surface area (Å²) >= 11 is 0. The highest BCUT2D eigenvalue weighted by atomic mass is 19.4. The third-order valence-electron chi connectivity index (χ3n) is 4.00. The van der Waals surface area contributed by atoms with Gasteiger partial charge in [0.1, 0.15) is 5.69 Å². The highest BCUT2D eigenvalue weighted by molar-refractivity contribution is 5.92. The molecule has 1 aliphatic rings. The summed E-state index contributed by atoms with van der Waals surface area (Å²) in [6.07, 6.45) is -3.23. The van der Waals surface area contributed by atoms with E-state index in [0.29, 0.717) is 31.9 Å². The van der Waals surface area contributed by atoms with Gasteiger partial charge in [-0.25, -0.2) is 4.98 Å². The molecular weight excluding hydrogens is 337 g/mol. The van der Waals surface area contributed by atoms with Crippen LogP contribution in [0, 0.1) is 0 Å². The zero-order valence-electron chi connectivity index (χ0n) is 13.1. The topological polar surface area (TPSA) is 69.3 Å². The molecular formula is C16H15F3N4O2. The van der Waals surface area contributed by atoms with Crippen molar-refractivity contribution in [3.8, 4) is 0 Å². The minimum absolute atomic E-state index is 0.0521. The summed E-state index contributed by atoms with van der Waals surface area (Å²) in [6, 6.07) is 6.25. The van der Waals surface area contributed by atoms with Gasteiger partial charge >= 0.3 is 6.18 Å². The molecule has 1 fully saturated rings. The third-order valence-corrected chi connectivity index (χ3v) is 4.00. The van der Waals surface area contributed by atoms with Gasteiger partial charge in [0.15, 0.2) is 0 Å². The fraction of sp³-hybridized carbons (Fsp3) is 0.312. The molecule has 9 heteroatoms. The van der Waals surface area contributed by atoms with Crippen LogP contribution in [-0.2, 0) is 6.18 Å². The Morgan fingerprint density at radius 1 is 1.12 bits per heavy atom. The Hall–Kier alpha value is -2.84. The van der Waals surface area contributed by atoms with Crippen LogP contribution in [0.1, 0.15) is 16.1 Å². The number of H-pyrrole nitrogens is 1. The summed E-state index contributed by atoms with van der Waals surface area (Å²) in [6.45, 7) is 1.47. The van der Waals surface area contributed by atoms with Gasteiger partial charge in [0.25, 0.3) is 11.5 Å². The van der Waals surface area contributed by atoms with E-state index in [9.17, 15) is 22.8 Å². The van der Waals surface area contributed by atoms with Gasteiger partial charge in [-0.1, -0.05) is 6.07 Å². The van der Waals surface area contributed by atoms with Crippen molar-refractivity contribution in [2.75, 3.05) is 31.1 Å². The zero-order valence-corrected chi connectivity index (χ0v) is 13.1. The summed E-state index contributed by atoms with van der Waals surface area (Å²) < 4.78 is 38.5. The number of nitrogens with one attached hydrogen (secondary N) is 1. The van der Waals surface area contributed by atoms with Gasteiger partial charge < -0.3 is 14.8 Å². The second-order valence-corrected chi connectivity index (χ2v) is 5.62. The van der Waals surface area contributed by atoms with Gasteiger partial charge in [0, 0.05) is 37.9 Å². The number of carbonyl (C=O) groups is 1. The molecule has 25 heavy (non-hydrogen) atoms. The Bertz CT molecular complexity index is 826. The van der Waals surface area contributed by atoms with E-state index in [2.05, 4.69) is 9.97 Å². The average Bonchev–Trinajstić information content (AvgIpc) is 2.61. The number of alkyl halides is 3. The lowest BCUT2D eigenvalue weighted by atomic mass is 10.1. The van der Waals surface area contributed by atoms with Crippen LogP contribution in [0.2, 0.25) is 0 Å². The van der Waals surface area contributed by atoms with Crippen LogP contribution in [0.25, 0.3) is 0 Å². The predicted octanol–water partition coefficient (Wildman–Crippen LogP) is 1.75. The Balaban J connectivity index is 1.68. The van der Waals surface area contributed by atoms with Crippen LogP contribution in [0.4, 0.5) is 18.9 Å². The molecule has 1 amide bonds. The van der Waals surface area contributed by atoms with Crippen LogP contribution in [0.5, 0.6) is 0 Å². The SMILES string of the molecule is O=C(c1cc(=O)[nH]cn1)N1CCN(c2cccc(C(F)(F)F)c2)CC1. The molecule has 0 saturated carbocycles. The van der Waals surface area contributed by atoms with Gasteiger partial charge in [-0.05, 0) is 18.2 Å².